The minimum Gasteiger partial charge on any atom is -0.274 e. The Bertz CT molecular complexity index is 531. The molecule has 19 heavy (non-hydrogen) atoms. The number of nitrogens with zero attached hydrogens (tertiary/aromatic N) is 1. The second-order valence-electron chi connectivity index (χ2n) is 5.44. The van der Waals surface area contributed by atoms with Gasteiger partial charge in [-0.15, -0.1) is 0 Å². The second kappa shape index (κ2) is 4.75. The summed E-state index contributed by atoms with van der Waals surface area (Å²) in [7, 11) is 0. The number of aryl methyl sites for hydroxylation is 1. The lowest BCUT2D eigenvalue weighted by atomic mass is 9.81. The number of fused-ring (bicyclic) bond motifs is 1. The summed E-state index contributed by atoms with van der Waals surface area (Å²) >= 11 is 3.44. The third-order valence-corrected chi connectivity index (χ3v) is 5.13. The van der Waals surface area contributed by atoms with Crippen molar-refractivity contribution >= 4 is 33.4 Å². The Labute approximate surface area is 121 Å². The average molecular weight is 322 g/mol. The fraction of sp³-hybridized carbons (Fsp3) is 0.467. The Hall–Kier alpha value is -1.16. The molecule has 2 aliphatic rings. The van der Waals surface area contributed by atoms with Gasteiger partial charge in [-0.2, -0.15) is 0 Å². The van der Waals surface area contributed by atoms with E-state index in [9.17, 15) is 9.59 Å². The summed E-state index contributed by atoms with van der Waals surface area (Å²) in [5.74, 6) is -0.164. The minimum atomic E-state index is -0.0785. The van der Waals surface area contributed by atoms with Gasteiger partial charge in [0.25, 0.3) is 0 Å². The first-order valence-corrected chi connectivity index (χ1v) is 7.53. The molecule has 1 aliphatic carbocycles. The van der Waals surface area contributed by atoms with Gasteiger partial charge in [-0.25, -0.2) is 0 Å². The normalized spacial score (nSPS) is 26.7. The predicted molar refractivity (Wildman–Crippen MR) is 76.8 cm³/mol. The first-order valence-electron chi connectivity index (χ1n) is 6.73. The molecule has 0 N–H and O–H groups in total. The average Bonchev–Trinajstić information content (AvgIpc) is 2.66. The Morgan fingerprint density at radius 1 is 1.11 bits per heavy atom. The molecule has 1 aliphatic heterocycles. The number of benzene rings is 1. The topological polar surface area (TPSA) is 37.4 Å². The van der Waals surface area contributed by atoms with Gasteiger partial charge in [-0.05, 0) is 43.5 Å². The van der Waals surface area contributed by atoms with Crippen LogP contribution in [0.25, 0.3) is 0 Å². The van der Waals surface area contributed by atoms with Crippen LogP contribution in [-0.2, 0) is 9.59 Å². The van der Waals surface area contributed by atoms with Crippen molar-refractivity contribution in [3.8, 4) is 0 Å². The fourth-order valence-corrected chi connectivity index (χ4v) is 3.43. The molecule has 1 aromatic carbocycles. The van der Waals surface area contributed by atoms with Crippen LogP contribution in [0.4, 0.5) is 5.69 Å². The van der Waals surface area contributed by atoms with Gasteiger partial charge in [0.15, 0.2) is 0 Å². The van der Waals surface area contributed by atoms with Gasteiger partial charge >= 0.3 is 0 Å². The van der Waals surface area contributed by atoms with Crippen LogP contribution in [0.2, 0.25) is 0 Å². The number of carbonyl (C=O) groups excluding carboxylic acids is 2. The van der Waals surface area contributed by atoms with E-state index in [1.165, 1.54) is 4.90 Å². The number of rotatable bonds is 1. The van der Waals surface area contributed by atoms with Crippen LogP contribution >= 0.6 is 15.9 Å². The summed E-state index contributed by atoms with van der Waals surface area (Å²) < 4.78 is 0.993. The molecule has 0 bridgehead atoms. The Morgan fingerprint density at radius 3 is 2.21 bits per heavy atom. The van der Waals surface area contributed by atoms with E-state index in [0.717, 1.165) is 35.7 Å². The molecule has 4 heteroatoms. The molecule has 2 amide bonds. The van der Waals surface area contributed by atoms with Gasteiger partial charge < -0.3 is 0 Å². The van der Waals surface area contributed by atoms with E-state index < -0.39 is 0 Å². The molecule has 0 radical (unpaired) electrons. The highest BCUT2D eigenvalue weighted by molar-refractivity contribution is 9.10. The lowest BCUT2D eigenvalue weighted by Gasteiger charge is -2.19. The van der Waals surface area contributed by atoms with Gasteiger partial charge in [-0.3, -0.25) is 14.5 Å². The summed E-state index contributed by atoms with van der Waals surface area (Å²) in [5.41, 5.74) is 1.75. The smallest absolute Gasteiger partial charge is 0.237 e. The number of hydrogen-bond donors (Lipinski definition) is 0. The third kappa shape index (κ3) is 2.02. The molecule has 2 fully saturated rings. The van der Waals surface area contributed by atoms with E-state index >= 15 is 0 Å². The van der Waals surface area contributed by atoms with Crippen molar-refractivity contribution in [2.75, 3.05) is 4.90 Å². The molecule has 1 saturated carbocycles. The molecule has 3 rings (SSSR count). The van der Waals surface area contributed by atoms with Crippen molar-refractivity contribution in [3.05, 3.63) is 28.2 Å². The zero-order chi connectivity index (χ0) is 13.6. The van der Waals surface area contributed by atoms with Crippen molar-refractivity contribution in [1.29, 1.82) is 0 Å². The number of anilines is 1. The Morgan fingerprint density at radius 2 is 1.68 bits per heavy atom. The SMILES string of the molecule is Cc1cc(N2C(=O)[C@H]3CCCC[C@@H]3C2=O)ccc1Br. The van der Waals surface area contributed by atoms with Crippen LogP contribution in [0.3, 0.4) is 0 Å². The van der Waals surface area contributed by atoms with Gasteiger partial charge in [-0.1, -0.05) is 28.8 Å². The molecular formula is C15H16BrNO2. The zero-order valence-electron chi connectivity index (χ0n) is 10.9. The van der Waals surface area contributed by atoms with Gasteiger partial charge in [0, 0.05) is 4.47 Å². The second-order valence-corrected chi connectivity index (χ2v) is 6.30. The van der Waals surface area contributed by atoms with Gasteiger partial charge in [0.2, 0.25) is 11.8 Å². The van der Waals surface area contributed by atoms with Crippen LogP contribution in [0.1, 0.15) is 31.2 Å². The van der Waals surface area contributed by atoms with Gasteiger partial charge in [0.05, 0.1) is 17.5 Å². The Balaban J connectivity index is 1.98. The fourth-order valence-electron chi connectivity index (χ4n) is 3.18. The minimum absolute atomic E-state index is 0.00331. The van der Waals surface area contributed by atoms with E-state index in [4.69, 9.17) is 0 Å². The molecule has 0 unspecified atom stereocenters. The van der Waals surface area contributed by atoms with Crippen LogP contribution in [-0.4, -0.2) is 11.8 Å². The first kappa shape index (κ1) is 12.9. The van der Waals surface area contributed by atoms with Crippen LogP contribution < -0.4 is 4.90 Å². The van der Waals surface area contributed by atoms with E-state index in [1.807, 2.05) is 25.1 Å². The molecule has 0 aromatic heterocycles. The highest BCUT2D eigenvalue weighted by Crippen LogP contribution is 2.40. The van der Waals surface area contributed by atoms with Crippen molar-refractivity contribution in [1.82, 2.24) is 0 Å². The number of hydrogen-bond acceptors (Lipinski definition) is 2. The van der Waals surface area contributed by atoms with Crippen molar-refractivity contribution in [3.63, 3.8) is 0 Å². The lowest BCUT2D eigenvalue weighted by Crippen LogP contribution is -2.30. The van der Waals surface area contributed by atoms with Crippen molar-refractivity contribution in [2.45, 2.75) is 32.6 Å². The molecule has 0 spiro atoms. The number of halogens is 1. The highest BCUT2D eigenvalue weighted by Gasteiger charge is 2.48. The molecule has 1 saturated heterocycles. The van der Waals surface area contributed by atoms with E-state index in [0.29, 0.717) is 5.69 Å². The molecular weight excluding hydrogens is 306 g/mol. The Kier molecular flexibility index (Phi) is 3.21. The van der Waals surface area contributed by atoms with E-state index in [-0.39, 0.29) is 23.7 Å². The summed E-state index contributed by atoms with van der Waals surface area (Å²) in [6.07, 6.45) is 3.85. The van der Waals surface area contributed by atoms with Crippen molar-refractivity contribution < 1.29 is 9.59 Å². The lowest BCUT2D eigenvalue weighted by molar-refractivity contribution is -0.122. The standard InChI is InChI=1S/C15H16BrNO2/c1-9-8-10(6-7-13(9)16)17-14(18)11-4-2-3-5-12(11)15(17)19/h6-8,11-12H,2-5H2,1H3/t11-,12-/m0/s1. The molecule has 100 valence electrons. The molecule has 3 nitrogen and oxygen atoms in total. The van der Waals surface area contributed by atoms with Crippen LogP contribution in [0.5, 0.6) is 0 Å². The predicted octanol–water partition coefficient (Wildman–Crippen LogP) is 3.44. The maximum Gasteiger partial charge on any atom is 0.237 e. The maximum atomic E-state index is 12.4. The number of amides is 2. The largest absolute Gasteiger partial charge is 0.274 e. The quantitative estimate of drug-likeness (QED) is 0.743. The third-order valence-electron chi connectivity index (χ3n) is 4.24. The molecule has 2 atom stereocenters. The van der Waals surface area contributed by atoms with Crippen LogP contribution in [0.15, 0.2) is 22.7 Å². The summed E-state index contributed by atoms with van der Waals surface area (Å²) in [4.78, 5) is 26.3. The highest BCUT2D eigenvalue weighted by atomic mass is 79.9. The monoisotopic (exact) mass is 321 g/mol. The van der Waals surface area contributed by atoms with E-state index in [1.54, 1.807) is 0 Å². The van der Waals surface area contributed by atoms with Crippen molar-refractivity contribution in [2.24, 2.45) is 11.8 Å². The van der Waals surface area contributed by atoms with E-state index in [2.05, 4.69) is 15.9 Å². The molecule has 1 aromatic rings. The number of carbonyl (C=O) groups is 2. The summed E-state index contributed by atoms with van der Waals surface area (Å²) in [5, 5.41) is 0. The maximum absolute atomic E-state index is 12.4. The summed E-state index contributed by atoms with van der Waals surface area (Å²) in [6.45, 7) is 1.96. The van der Waals surface area contributed by atoms with Crippen LogP contribution in [0, 0.1) is 18.8 Å². The van der Waals surface area contributed by atoms with Gasteiger partial charge in [0.1, 0.15) is 0 Å². The number of imide groups is 1. The molecule has 1 heterocycles. The zero-order valence-corrected chi connectivity index (χ0v) is 12.4. The summed E-state index contributed by atoms with van der Waals surface area (Å²) in [6, 6.07) is 5.63. The first-order chi connectivity index (χ1) is 9.09.